The molecule has 0 aliphatic carbocycles. The number of allylic oxidation sites excluding steroid dienone is 1. The van der Waals surface area contributed by atoms with E-state index in [2.05, 4.69) is 10.6 Å². The summed E-state index contributed by atoms with van der Waals surface area (Å²) in [6, 6.07) is 9.81. The van der Waals surface area contributed by atoms with Gasteiger partial charge in [-0.05, 0) is 37.5 Å². The van der Waals surface area contributed by atoms with Crippen LogP contribution in [0.15, 0.2) is 42.6 Å². The number of thiocarbonyl (C=S) groups is 1. The van der Waals surface area contributed by atoms with Gasteiger partial charge in [-0.15, -0.1) is 0 Å². The molecule has 13 heavy (non-hydrogen) atoms. The lowest BCUT2D eigenvalue weighted by molar-refractivity contribution is 1.28. The molecule has 0 spiro atoms. The second-order valence-electron chi connectivity index (χ2n) is 2.46. The summed E-state index contributed by atoms with van der Waals surface area (Å²) in [5.74, 6) is 0. The van der Waals surface area contributed by atoms with Crippen molar-refractivity contribution in [3.63, 3.8) is 0 Å². The van der Waals surface area contributed by atoms with Crippen LogP contribution in [0, 0.1) is 0 Å². The van der Waals surface area contributed by atoms with E-state index in [-0.39, 0.29) is 0 Å². The van der Waals surface area contributed by atoms with Gasteiger partial charge in [-0.25, -0.2) is 0 Å². The molecule has 0 aliphatic rings. The maximum atomic E-state index is 5.03. The van der Waals surface area contributed by atoms with Crippen molar-refractivity contribution in [2.45, 2.75) is 6.92 Å². The standard InChI is InChI=1S/C10H12N2S/c1-2-8-11-10(13)12-9-6-4-3-5-7-9/h2-8H,1H3,(H2,11,12,13). The summed E-state index contributed by atoms with van der Waals surface area (Å²) in [4.78, 5) is 0. The van der Waals surface area contributed by atoms with E-state index >= 15 is 0 Å². The highest BCUT2D eigenvalue weighted by Crippen LogP contribution is 2.03. The molecule has 0 unspecified atom stereocenters. The molecule has 1 aromatic rings. The molecule has 2 N–H and O–H groups in total. The van der Waals surface area contributed by atoms with Gasteiger partial charge in [0.1, 0.15) is 0 Å². The van der Waals surface area contributed by atoms with Crippen molar-refractivity contribution in [2.24, 2.45) is 0 Å². The zero-order valence-electron chi connectivity index (χ0n) is 7.45. The maximum Gasteiger partial charge on any atom is 0.174 e. The molecule has 0 saturated heterocycles. The minimum atomic E-state index is 0.601. The van der Waals surface area contributed by atoms with Crippen molar-refractivity contribution in [3.05, 3.63) is 42.6 Å². The smallest absolute Gasteiger partial charge is 0.174 e. The molecule has 0 fully saturated rings. The van der Waals surface area contributed by atoms with Crippen molar-refractivity contribution in [1.82, 2.24) is 5.32 Å². The first-order valence-corrected chi connectivity index (χ1v) is 4.47. The van der Waals surface area contributed by atoms with Gasteiger partial charge in [-0.1, -0.05) is 24.3 Å². The molecule has 0 aliphatic heterocycles. The van der Waals surface area contributed by atoms with Crippen LogP contribution in [0.1, 0.15) is 6.92 Å². The van der Waals surface area contributed by atoms with Crippen LogP contribution >= 0.6 is 12.2 Å². The van der Waals surface area contributed by atoms with E-state index in [1.807, 2.05) is 43.3 Å². The molecular formula is C10H12N2S. The van der Waals surface area contributed by atoms with Crippen LogP contribution < -0.4 is 10.6 Å². The van der Waals surface area contributed by atoms with Gasteiger partial charge in [-0.2, -0.15) is 0 Å². The zero-order chi connectivity index (χ0) is 9.52. The van der Waals surface area contributed by atoms with E-state index < -0.39 is 0 Å². The highest BCUT2D eigenvalue weighted by Gasteiger charge is 1.91. The number of anilines is 1. The number of para-hydroxylation sites is 1. The lowest BCUT2D eigenvalue weighted by Crippen LogP contribution is -2.23. The fourth-order valence-corrected chi connectivity index (χ4v) is 1.03. The minimum Gasteiger partial charge on any atom is -0.339 e. The molecule has 0 heterocycles. The van der Waals surface area contributed by atoms with E-state index in [4.69, 9.17) is 12.2 Å². The lowest BCUT2D eigenvalue weighted by atomic mass is 10.3. The van der Waals surface area contributed by atoms with Crippen LogP contribution in [0.3, 0.4) is 0 Å². The van der Waals surface area contributed by atoms with Crippen molar-refractivity contribution in [1.29, 1.82) is 0 Å². The lowest BCUT2D eigenvalue weighted by Gasteiger charge is -2.06. The molecule has 2 nitrogen and oxygen atoms in total. The largest absolute Gasteiger partial charge is 0.339 e. The molecule has 68 valence electrons. The third-order valence-electron chi connectivity index (χ3n) is 1.41. The highest BCUT2D eigenvalue weighted by atomic mass is 32.1. The molecule has 0 radical (unpaired) electrons. The Morgan fingerprint density at radius 3 is 2.62 bits per heavy atom. The molecule has 0 bridgehead atoms. The fraction of sp³-hybridized carbons (Fsp3) is 0.100. The molecule has 0 atom stereocenters. The second kappa shape index (κ2) is 5.32. The van der Waals surface area contributed by atoms with Gasteiger partial charge in [-0.3, -0.25) is 0 Å². The molecule has 0 aromatic heterocycles. The summed E-state index contributed by atoms with van der Waals surface area (Å²) in [6.45, 7) is 1.93. The number of nitrogens with one attached hydrogen (secondary N) is 2. The summed E-state index contributed by atoms with van der Waals surface area (Å²) < 4.78 is 0. The van der Waals surface area contributed by atoms with E-state index in [1.54, 1.807) is 6.20 Å². The molecule has 3 heteroatoms. The van der Waals surface area contributed by atoms with Gasteiger partial charge in [0.05, 0.1) is 0 Å². The van der Waals surface area contributed by atoms with Gasteiger partial charge >= 0.3 is 0 Å². The van der Waals surface area contributed by atoms with Crippen LogP contribution in [0.2, 0.25) is 0 Å². The maximum absolute atomic E-state index is 5.03. The van der Waals surface area contributed by atoms with Crippen LogP contribution in [0.5, 0.6) is 0 Å². The Kier molecular flexibility index (Phi) is 3.99. The Labute approximate surface area is 83.7 Å². The van der Waals surface area contributed by atoms with Crippen molar-refractivity contribution in [3.8, 4) is 0 Å². The first-order valence-electron chi connectivity index (χ1n) is 4.06. The SMILES string of the molecule is CC=CNC(=S)Nc1ccccc1. The summed E-state index contributed by atoms with van der Waals surface area (Å²) in [7, 11) is 0. The van der Waals surface area contributed by atoms with Gasteiger partial charge in [0.25, 0.3) is 0 Å². The molecule has 1 aromatic carbocycles. The predicted molar refractivity (Wildman–Crippen MR) is 60.6 cm³/mol. The van der Waals surface area contributed by atoms with Crippen LogP contribution in [0.25, 0.3) is 0 Å². The molecular weight excluding hydrogens is 180 g/mol. The Bertz CT molecular complexity index is 293. The van der Waals surface area contributed by atoms with Crippen molar-refractivity contribution in [2.75, 3.05) is 5.32 Å². The monoisotopic (exact) mass is 192 g/mol. The fourth-order valence-electron chi connectivity index (χ4n) is 0.848. The Hall–Kier alpha value is -1.35. The summed E-state index contributed by atoms with van der Waals surface area (Å²) in [5.41, 5.74) is 0.990. The topological polar surface area (TPSA) is 24.1 Å². The Morgan fingerprint density at radius 1 is 1.31 bits per heavy atom. The number of rotatable bonds is 2. The average Bonchev–Trinajstić information content (AvgIpc) is 2.16. The predicted octanol–water partition coefficient (Wildman–Crippen LogP) is 2.51. The highest BCUT2D eigenvalue weighted by molar-refractivity contribution is 7.80. The van der Waals surface area contributed by atoms with Gasteiger partial charge in [0, 0.05) is 5.69 Å². The van der Waals surface area contributed by atoms with Crippen molar-refractivity contribution >= 4 is 23.0 Å². The van der Waals surface area contributed by atoms with Gasteiger partial charge in [0.15, 0.2) is 5.11 Å². The average molecular weight is 192 g/mol. The van der Waals surface area contributed by atoms with E-state index in [1.165, 1.54) is 0 Å². The van der Waals surface area contributed by atoms with Gasteiger partial charge in [0.2, 0.25) is 0 Å². The first-order chi connectivity index (χ1) is 6.33. The number of hydrogen-bond donors (Lipinski definition) is 2. The number of benzene rings is 1. The van der Waals surface area contributed by atoms with E-state index in [0.717, 1.165) is 5.69 Å². The summed E-state index contributed by atoms with van der Waals surface area (Å²) in [5, 5.41) is 6.57. The quantitative estimate of drug-likeness (QED) is 0.704. The zero-order valence-corrected chi connectivity index (χ0v) is 8.27. The van der Waals surface area contributed by atoms with E-state index in [9.17, 15) is 0 Å². The van der Waals surface area contributed by atoms with Gasteiger partial charge < -0.3 is 10.6 Å². The van der Waals surface area contributed by atoms with E-state index in [0.29, 0.717) is 5.11 Å². The Balaban J connectivity index is 2.46. The third-order valence-corrected chi connectivity index (χ3v) is 1.63. The molecule has 1 rings (SSSR count). The molecule has 0 amide bonds. The Morgan fingerprint density at radius 2 is 2.00 bits per heavy atom. The first kappa shape index (κ1) is 9.74. The minimum absolute atomic E-state index is 0.601. The van der Waals surface area contributed by atoms with Crippen molar-refractivity contribution < 1.29 is 0 Å². The third kappa shape index (κ3) is 3.71. The van der Waals surface area contributed by atoms with Crippen LogP contribution in [0.4, 0.5) is 5.69 Å². The molecule has 0 saturated carbocycles. The van der Waals surface area contributed by atoms with Crippen LogP contribution in [-0.2, 0) is 0 Å². The summed E-state index contributed by atoms with van der Waals surface area (Å²) in [6.07, 6.45) is 3.68. The summed E-state index contributed by atoms with van der Waals surface area (Å²) >= 11 is 5.03. The van der Waals surface area contributed by atoms with Crippen LogP contribution in [-0.4, -0.2) is 5.11 Å². The number of hydrogen-bond acceptors (Lipinski definition) is 1. The normalized spacial score (nSPS) is 9.92. The second-order valence-corrected chi connectivity index (χ2v) is 2.87.